The quantitative estimate of drug-likeness (QED) is 0.476. The molecule has 0 atom stereocenters. The molecule has 0 aliphatic carbocycles. The van der Waals surface area contributed by atoms with Gasteiger partial charge in [0.25, 0.3) is 0 Å². The number of hydrogen-bond acceptors (Lipinski definition) is 4. The fourth-order valence-corrected chi connectivity index (χ4v) is 2.61. The van der Waals surface area contributed by atoms with Gasteiger partial charge in [0.1, 0.15) is 12.0 Å². The molecule has 1 aromatic rings. The van der Waals surface area contributed by atoms with Gasteiger partial charge in [0.2, 0.25) is 0 Å². The molecule has 1 aliphatic rings. The Kier molecular flexibility index (Phi) is 6.45. The second-order valence-electron chi connectivity index (χ2n) is 5.84. The summed E-state index contributed by atoms with van der Waals surface area (Å²) >= 11 is 0. The first-order valence-corrected chi connectivity index (χ1v) is 7.98. The number of aromatic nitrogens is 1. The molecule has 2 heterocycles. The smallest absolute Gasteiger partial charge is 0.191 e. The highest BCUT2D eigenvalue weighted by molar-refractivity contribution is 5.80. The van der Waals surface area contributed by atoms with Crippen molar-refractivity contribution < 1.29 is 4.52 Å². The Balaban J connectivity index is 1.81. The fraction of sp³-hybridized carbons (Fsp3) is 0.625. The third-order valence-corrected chi connectivity index (χ3v) is 3.66. The second-order valence-corrected chi connectivity index (χ2v) is 5.84. The Morgan fingerprint density at radius 1 is 1.50 bits per heavy atom. The van der Waals surface area contributed by atoms with Crippen molar-refractivity contribution in [2.75, 3.05) is 26.2 Å². The fourth-order valence-electron chi connectivity index (χ4n) is 2.61. The van der Waals surface area contributed by atoms with E-state index in [2.05, 4.69) is 46.1 Å². The second kappa shape index (κ2) is 8.58. The summed E-state index contributed by atoms with van der Waals surface area (Å²) in [5.41, 5.74) is 2.07. The molecule has 6 nitrogen and oxygen atoms in total. The largest absolute Gasteiger partial charge is 0.364 e. The van der Waals surface area contributed by atoms with Crippen LogP contribution in [0.5, 0.6) is 0 Å². The van der Waals surface area contributed by atoms with Gasteiger partial charge >= 0.3 is 0 Å². The van der Waals surface area contributed by atoms with Crippen LogP contribution in [0, 0.1) is 0 Å². The minimum absolute atomic E-state index is 0.469. The minimum Gasteiger partial charge on any atom is -0.364 e. The van der Waals surface area contributed by atoms with Crippen LogP contribution in [-0.2, 0) is 6.54 Å². The lowest BCUT2D eigenvalue weighted by Crippen LogP contribution is -2.48. The molecule has 1 aromatic heterocycles. The molecular formula is C16H27N5O. The molecular weight excluding hydrogens is 278 g/mol. The zero-order valence-electron chi connectivity index (χ0n) is 13.6. The molecule has 0 radical (unpaired) electrons. The first-order valence-electron chi connectivity index (χ1n) is 7.98. The zero-order valence-corrected chi connectivity index (χ0v) is 13.6. The number of piperidine rings is 1. The third kappa shape index (κ3) is 5.52. The van der Waals surface area contributed by atoms with Gasteiger partial charge in [-0.3, -0.25) is 4.90 Å². The molecule has 2 N–H and O–H groups in total. The number of guanidine groups is 1. The van der Waals surface area contributed by atoms with E-state index in [1.807, 2.05) is 6.07 Å². The van der Waals surface area contributed by atoms with E-state index in [0.29, 0.717) is 12.6 Å². The van der Waals surface area contributed by atoms with Crippen molar-refractivity contribution in [2.45, 2.75) is 39.3 Å². The summed E-state index contributed by atoms with van der Waals surface area (Å²) in [6.07, 6.45) is 3.83. The lowest BCUT2D eigenvalue weighted by atomic mass is 10.0. The highest BCUT2D eigenvalue weighted by Gasteiger charge is 2.19. The van der Waals surface area contributed by atoms with E-state index in [0.717, 1.165) is 50.7 Å². The van der Waals surface area contributed by atoms with Crippen LogP contribution in [-0.4, -0.2) is 48.2 Å². The number of rotatable bonds is 6. The highest BCUT2D eigenvalue weighted by atomic mass is 16.5. The van der Waals surface area contributed by atoms with Crippen LogP contribution in [0.25, 0.3) is 0 Å². The van der Waals surface area contributed by atoms with Crippen LogP contribution in [0.2, 0.25) is 0 Å². The Hall–Kier alpha value is -1.82. The Morgan fingerprint density at radius 3 is 2.86 bits per heavy atom. The molecule has 22 heavy (non-hydrogen) atoms. The summed E-state index contributed by atoms with van der Waals surface area (Å²) in [5, 5.41) is 10.7. The van der Waals surface area contributed by atoms with Crippen LogP contribution < -0.4 is 10.6 Å². The summed E-state index contributed by atoms with van der Waals surface area (Å²) < 4.78 is 4.83. The number of nitrogens with zero attached hydrogens (tertiary/aromatic N) is 3. The molecule has 0 saturated carbocycles. The van der Waals surface area contributed by atoms with Crippen molar-refractivity contribution in [1.29, 1.82) is 0 Å². The van der Waals surface area contributed by atoms with Gasteiger partial charge in [-0.15, -0.1) is 0 Å². The molecule has 0 spiro atoms. The molecule has 0 unspecified atom stereocenters. The van der Waals surface area contributed by atoms with Crippen molar-refractivity contribution in [3.05, 3.63) is 30.2 Å². The Morgan fingerprint density at radius 2 is 2.27 bits per heavy atom. The maximum Gasteiger partial charge on any atom is 0.191 e. The molecule has 122 valence electrons. The summed E-state index contributed by atoms with van der Waals surface area (Å²) in [6, 6.07) is 2.31. The van der Waals surface area contributed by atoms with E-state index in [-0.39, 0.29) is 0 Å². The number of aliphatic imine (C=N–C) groups is 1. The number of likely N-dealkylation sites (tertiary alicyclic amines) is 1. The molecule has 0 bridgehead atoms. The van der Waals surface area contributed by atoms with Crippen molar-refractivity contribution in [3.8, 4) is 0 Å². The molecule has 1 saturated heterocycles. The van der Waals surface area contributed by atoms with Crippen LogP contribution in [0.15, 0.2) is 34.0 Å². The van der Waals surface area contributed by atoms with Gasteiger partial charge in [0.15, 0.2) is 5.96 Å². The average molecular weight is 305 g/mol. The van der Waals surface area contributed by atoms with Crippen molar-refractivity contribution >= 4 is 5.96 Å². The number of nitrogens with one attached hydrogen (secondary N) is 2. The van der Waals surface area contributed by atoms with E-state index >= 15 is 0 Å². The summed E-state index contributed by atoms with van der Waals surface area (Å²) in [7, 11) is 0. The van der Waals surface area contributed by atoms with Gasteiger partial charge in [0.05, 0.1) is 6.54 Å². The van der Waals surface area contributed by atoms with Crippen molar-refractivity contribution in [2.24, 2.45) is 4.99 Å². The Labute approximate surface area is 132 Å². The van der Waals surface area contributed by atoms with Crippen LogP contribution in [0.3, 0.4) is 0 Å². The van der Waals surface area contributed by atoms with Crippen LogP contribution >= 0.6 is 0 Å². The predicted molar refractivity (Wildman–Crippen MR) is 88.7 cm³/mol. The maximum absolute atomic E-state index is 4.83. The van der Waals surface area contributed by atoms with Crippen LogP contribution in [0.1, 0.15) is 32.4 Å². The first-order chi connectivity index (χ1) is 10.7. The SMILES string of the molecule is C=C(C)CN1CCC(NC(=NCc2ccon2)NCC)CC1. The van der Waals surface area contributed by atoms with Gasteiger partial charge in [-0.1, -0.05) is 17.3 Å². The number of hydrogen-bond donors (Lipinski definition) is 2. The molecule has 1 aliphatic heterocycles. The van der Waals surface area contributed by atoms with Gasteiger partial charge in [-0.2, -0.15) is 0 Å². The monoisotopic (exact) mass is 305 g/mol. The third-order valence-electron chi connectivity index (χ3n) is 3.66. The average Bonchev–Trinajstić information content (AvgIpc) is 3.00. The predicted octanol–water partition coefficient (Wildman–Crippen LogP) is 1.77. The normalized spacial score (nSPS) is 17.5. The molecule has 0 aromatic carbocycles. The lowest BCUT2D eigenvalue weighted by molar-refractivity contribution is 0.221. The lowest BCUT2D eigenvalue weighted by Gasteiger charge is -2.33. The Bertz CT molecular complexity index is 475. The maximum atomic E-state index is 4.83. The topological polar surface area (TPSA) is 65.7 Å². The highest BCUT2D eigenvalue weighted by Crippen LogP contribution is 2.11. The van der Waals surface area contributed by atoms with E-state index < -0.39 is 0 Å². The van der Waals surface area contributed by atoms with Crippen LogP contribution in [0.4, 0.5) is 0 Å². The van der Waals surface area contributed by atoms with E-state index in [1.54, 1.807) is 6.26 Å². The van der Waals surface area contributed by atoms with Gasteiger partial charge in [-0.25, -0.2) is 4.99 Å². The molecule has 2 rings (SSSR count). The van der Waals surface area contributed by atoms with Gasteiger partial charge in [-0.05, 0) is 26.7 Å². The van der Waals surface area contributed by atoms with Gasteiger partial charge in [0, 0.05) is 38.3 Å². The van der Waals surface area contributed by atoms with E-state index in [1.165, 1.54) is 5.57 Å². The van der Waals surface area contributed by atoms with E-state index in [4.69, 9.17) is 4.52 Å². The standard InChI is InChI=1S/C16H27N5O/c1-4-17-16(18-11-15-7-10-22-20-15)19-14-5-8-21(9-6-14)12-13(2)3/h7,10,14H,2,4-6,8-9,11-12H2,1,3H3,(H2,17,18,19). The van der Waals surface area contributed by atoms with E-state index in [9.17, 15) is 0 Å². The molecule has 0 amide bonds. The van der Waals surface area contributed by atoms with Gasteiger partial charge < -0.3 is 15.2 Å². The summed E-state index contributed by atoms with van der Waals surface area (Å²) in [6.45, 7) is 12.7. The summed E-state index contributed by atoms with van der Waals surface area (Å²) in [4.78, 5) is 7.02. The first kappa shape index (κ1) is 16.5. The molecule has 1 fully saturated rings. The summed E-state index contributed by atoms with van der Waals surface area (Å²) in [5.74, 6) is 0.851. The minimum atomic E-state index is 0.469. The molecule has 6 heteroatoms. The van der Waals surface area contributed by atoms with Crippen molar-refractivity contribution in [1.82, 2.24) is 20.7 Å². The zero-order chi connectivity index (χ0) is 15.8. The van der Waals surface area contributed by atoms with Crippen molar-refractivity contribution in [3.63, 3.8) is 0 Å².